The molecule has 5 rings (SSSR count). The molecule has 0 radical (unpaired) electrons. The van der Waals surface area contributed by atoms with Gasteiger partial charge in [-0.2, -0.15) is 0 Å². The third-order valence-corrected chi connectivity index (χ3v) is 4.80. The largest absolute Gasteiger partial charge is 0.497 e. The predicted molar refractivity (Wildman–Crippen MR) is 100.0 cm³/mol. The fraction of sp³-hybridized carbons (Fsp3) is 0.0952. The third kappa shape index (κ3) is 2.18. The van der Waals surface area contributed by atoms with E-state index in [4.69, 9.17) is 4.74 Å². The summed E-state index contributed by atoms with van der Waals surface area (Å²) < 4.78 is 5.29. The lowest BCUT2D eigenvalue weighted by atomic mass is 10.1. The van der Waals surface area contributed by atoms with Crippen molar-refractivity contribution in [2.45, 2.75) is 6.04 Å². The lowest BCUT2D eigenvalue weighted by molar-refractivity contribution is 0.415. The van der Waals surface area contributed by atoms with Crippen LogP contribution >= 0.6 is 0 Å². The minimum Gasteiger partial charge on any atom is -0.497 e. The van der Waals surface area contributed by atoms with Crippen molar-refractivity contribution in [1.82, 2.24) is 9.97 Å². The molecule has 4 aromatic rings. The minimum absolute atomic E-state index is 0.0925. The number of H-pyrrole nitrogens is 1. The van der Waals surface area contributed by atoms with Gasteiger partial charge in [-0.1, -0.05) is 48.5 Å². The molecule has 0 fully saturated rings. The zero-order chi connectivity index (χ0) is 16.8. The van der Waals surface area contributed by atoms with Gasteiger partial charge in [0.15, 0.2) is 0 Å². The zero-order valence-electron chi connectivity index (χ0n) is 13.8. The summed E-state index contributed by atoms with van der Waals surface area (Å²) in [6, 6.07) is 23.0. The van der Waals surface area contributed by atoms with Gasteiger partial charge in [0.2, 0.25) is 5.95 Å². The number of methoxy groups -OCH3 is 1. The van der Waals surface area contributed by atoms with E-state index in [0.29, 0.717) is 0 Å². The Morgan fingerprint density at radius 2 is 1.60 bits per heavy atom. The minimum atomic E-state index is 0.0925. The van der Waals surface area contributed by atoms with Crippen molar-refractivity contribution in [2.24, 2.45) is 0 Å². The molecule has 0 saturated heterocycles. The Hall–Kier alpha value is -3.27. The quantitative estimate of drug-likeness (QED) is 0.571. The van der Waals surface area contributed by atoms with Crippen LogP contribution in [0.3, 0.4) is 0 Å². The maximum Gasteiger partial charge on any atom is 0.201 e. The van der Waals surface area contributed by atoms with Crippen molar-refractivity contribution >= 4 is 17.0 Å². The predicted octanol–water partition coefficient (Wildman–Crippen LogP) is 4.75. The normalized spacial score (nSPS) is 12.8. The Morgan fingerprint density at radius 3 is 2.28 bits per heavy atom. The van der Waals surface area contributed by atoms with Crippen LogP contribution in [-0.4, -0.2) is 17.1 Å². The van der Waals surface area contributed by atoms with Gasteiger partial charge >= 0.3 is 0 Å². The van der Waals surface area contributed by atoms with Crippen molar-refractivity contribution in [2.75, 3.05) is 12.4 Å². The fourth-order valence-electron chi connectivity index (χ4n) is 3.63. The fourth-order valence-corrected chi connectivity index (χ4v) is 3.63. The van der Waals surface area contributed by atoms with Crippen LogP contribution in [0.5, 0.6) is 5.75 Å². The maximum atomic E-state index is 5.29. The second-order valence-corrected chi connectivity index (χ2v) is 6.22. The highest BCUT2D eigenvalue weighted by atomic mass is 16.5. The van der Waals surface area contributed by atoms with E-state index in [1.54, 1.807) is 7.11 Å². The number of nitrogens with one attached hydrogen (secondary N) is 2. The first-order chi connectivity index (χ1) is 12.3. The Kier molecular flexibility index (Phi) is 3.04. The van der Waals surface area contributed by atoms with Gasteiger partial charge in [-0.25, -0.2) is 4.98 Å². The number of rotatable bonds is 3. The molecule has 0 aliphatic heterocycles. The maximum absolute atomic E-state index is 5.29. The van der Waals surface area contributed by atoms with E-state index in [2.05, 4.69) is 63.8 Å². The number of anilines is 1. The lowest BCUT2D eigenvalue weighted by Crippen LogP contribution is -2.10. The van der Waals surface area contributed by atoms with Crippen LogP contribution in [-0.2, 0) is 0 Å². The lowest BCUT2D eigenvalue weighted by Gasteiger charge is -2.14. The number of hydrogen-bond acceptors (Lipinski definition) is 3. The molecule has 122 valence electrons. The van der Waals surface area contributed by atoms with Gasteiger partial charge in [0.25, 0.3) is 0 Å². The Morgan fingerprint density at radius 1 is 0.920 bits per heavy atom. The number of hydrogen-bond donors (Lipinski definition) is 2. The highest BCUT2D eigenvalue weighted by Gasteiger charge is 2.28. The summed E-state index contributed by atoms with van der Waals surface area (Å²) in [5.74, 6) is 1.58. The SMILES string of the molecule is COc1ccc2nc(NC3c4ccccc4-c4ccccc43)[nH]c2c1. The van der Waals surface area contributed by atoms with Gasteiger partial charge in [0.1, 0.15) is 5.75 Å². The van der Waals surface area contributed by atoms with Gasteiger partial charge in [0.05, 0.1) is 24.2 Å². The second kappa shape index (κ2) is 5.38. The molecule has 2 N–H and O–H groups in total. The number of ether oxygens (including phenoxy) is 1. The summed E-state index contributed by atoms with van der Waals surface area (Å²) >= 11 is 0. The van der Waals surface area contributed by atoms with Crippen molar-refractivity contribution in [3.63, 3.8) is 0 Å². The molecule has 0 atom stereocenters. The van der Waals surface area contributed by atoms with Crippen LogP contribution in [0.25, 0.3) is 22.2 Å². The molecule has 0 bridgehead atoms. The second-order valence-electron chi connectivity index (χ2n) is 6.22. The Balaban J connectivity index is 1.58. The summed E-state index contributed by atoms with van der Waals surface area (Å²) in [5, 5.41) is 3.57. The Labute approximate surface area is 145 Å². The summed E-state index contributed by atoms with van der Waals surface area (Å²) in [6.07, 6.45) is 0. The molecule has 0 unspecified atom stereocenters. The number of fused-ring (bicyclic) bond motifs is 4. The number of benzene rings is 3. The van der Waals surface area contributed by atoms with Gasteiger partial charge in [-0.15, -0.1) is 0 Å². The van der Waals surface area contributed by atoms with Gasteiger partial charge in [-0.05, 0) is 34.4 Å². The van der Waals surface area contributed by atoms with Crippen LogP contribution in [0.2, 0.25) is 0 Å². The smallest absolute Gasteiger partial charge is 0.201 e. The molecule has 1 aliphatic rings. The van der Waals surface area contributed by atoms with Crippen molar-refractivity contribution < 1.29 is 4.74 Å². The molecule has 1 aliphatic carbocycles. The van der Waals surface area contributed by atoms with E-state index in [0.717, 1.165) is 22.7 Å². The molecule has 4 nitrogen and oxygen atoms in total. The monoisotopic (exact) mass is 327 g/mol. The van der Waals surface area contributed by atoms with Gasteiger partial charge in [-0.3, -0.25) is 0 Å². The number of aromatic nitrogens is 2. The highest BCUT2D eigenvalue weighted by molar-refractivity contribution is 5.82. The van der Waals surface area contributed by atoms with E-state index in [9.17, 15) is 0 Å². The number of nitrogens with zero attached hydrogens (tertiary/aromatic N) is 1. The molecule has 1 aromatic heterocycles. The van der Waals surface area contributed by atoms with E-state index in [-0.39, 0.29) is 6.04 Å². The van der Waals surface area contributed by atoms with E-state index >= 15 is 0 Å². The first-order valence-electron chi connectivity index (χ1n) is 8.32. The standard InChI is InChI=1S/C21H17N3O/c1-25-13-10-11-18-19(12-13)23-21(22-18)24-20-16-8-4-2-6-14(16)15-7-3-5-9-17(15)20/h2-12,20H,1H3,(H2,22,23,24). The Bertz CT molecular complexity index is 1040. The van der Waals surface area contributed by atoms with Gasteiger partial charge in [0, 0.05) is 6.07 Å². The van der Waals surface area contributed by atoms with Crippen molar-refractivity contribution in [1.29, 1.82) is 0 Å². The first-order valence-corrected chi connectivity index (χ1v) is 8.32. The molecule has 0 spiro atoms. The van der Waals surface area contributed by atoms with Crippen molar-refractivity contribution in [3.8, 4) is 16.9 Å². The molecule has 4 heteroatoms. The van der Waals surface area contributed by atoms with Crippen LogP contribution in [0.15, 0.2) is 66.7 Å². The molecule has 1 heterocycles. The van der Waals surface area contributed by atoms with Crippen molar-refractivity contribution in [3.05, 3.63) is 77.9 Å². The summed E-state index contributed by atoms with van der Waals surface area (Å²) in [6.45, 7) is 0. The third-order valence-electron chi connectivity index (χ3n) is 4.80. The number of imidazole rings is 1. The van der Waals surface area contributed by atoms with E-state index in [1.165, 1.54) is 22.3 Å². The van der Waals surface area contributed by atoms with Crippen LogP contribution in [0.4, 0.5) is 5.95 Å². The summed E-state index contributed by atoms with van der Waals surface area (Å²) in [7, 11) is 1.67. The first kappa shape index (κ1) is 14.1. The molecular weight excluding hydrogens is 310 g/mol. The average Bonchev–Trinajstić information content (AvgIpc) is 3.21. The van der Waals surface area contributed by atoms with E-state index < -0.39 is 0 Å². The van der Waals surface area contributed by atoms with Gasteiger partial charge < -0.3 is 15.0 Å². The summed E-state index contributed by atoms with van der Waals surface area (Å²) in [4.78, 5) is 8.03. The molecule has 0 amide bonds. The molecule has 0 saturated carbocycles. The zero-order valence-corrected chi connectivity index (χ0v) is 13.8. The molecule has 3 aromatic carbocycles. The van der Waals surface area contributed by atoms with Crippen LogP contribution < -0.4 is 10.1 Å². The summed E-state index contributed by atoms with van der Waals surface area (Å²) in [5.41, 5.74) is 7.01. The number of aromatic amines is 1. The molecule has 25 heavy (non-hydrogen) atoms. The molecular formula is C21H17N3O. The van der Waals surface area contributed by atoms with E-state index in [1.807, 2.05) is 18.2 Å². The average molecular weight is 327 g/mol. The highest BCUT2D eigenvalue weighted by Crippen LogP contribution is 2.44. The van der Waals surface area contributed by atoms with Crippen LogP contribution in [0, 0.1) is 0 Å². The van der Waals surface area contributed by atoms with Crippen LogP contribution in [0.1, 0.15) is 17.2 Å². The topological polar surface area (TPSA) is 49.9 Å².